The van der Waals surface area contributed by atoms with E-state index in [4.69, 9.17) is 5.11 Å². The molecule has 0 radical (unpaired) electrons. The van der Waals surface area contributed by atoms with Crippen LogP contribution in [0.15, 0.2) is 0 Å². The highest BCUT2D eigenvalue weighted by Gasteiger charge is 2.09. The number of unbranched alkanes of at least 4 members (excludes halogenated alkanes) is 2. The molecule has 16 heavy (non-hydrogen) atoms. The second-order valence-corrected chi connectivity index (χ2v) is 5.98. The summed E-state index contributed by atoms with van der Waals surface area (Å²) < 4.78 is 0. The SMILES string of the molecule is CC[C@@H](CO)CCCCCN1CCSCC1. The monoisotopic (exact) mass is 245 g/mol. The van der Waals surface area contributed by atoms with Crippen molar-refractivity contribution in [2.45, 2.75) is 39.0 Å². The molecule has 1 aliphatic heterocycles. The summed E-state index contributed by atoms with van der Waals surface area (Å²) in [5.74, 6) is 3.19. The van der Waals surface area contributed by atoms with E-state index in [-0.39, 0.29) is 0 Å². The minimum Gasteiger partial charge on any atom is -0.396 e. The van der Waals surface area contributed by atoms with E-state index in [0.717, 1.165) is 6.42 Å². The number of thioether (sulfide) groups is 1. The Kier molecular flexibility index (Phi) is 8.34. The van der Waals surface area contributed by atoms with Crippen molar-refractivity contribution in [3.8, 4) is 0 Å². The van der Waals surface area contributed by atoms with Crippen molar-refractivity contribution in [1.82, 2.24) is 4.90 Å². The molecule has 3 heteroatoms. The minimum absolute atomic E-state index is 0.375. The molecule has 96 valence electrons. The molecule has 0 amide bonds. The molecule has 0 aromatic carbocycles. The molecular weight excluding hydrogens is 218 g/mol. The van der Waals surface area contributed by atoms with Crippen molar-refractivity contribution in [3.05, 3.63) is 0 Å². The van der Waals surface area contributed by atoms with Gasteiger partial charge in [0.1, 0.15) is 0 Å². The summed E-state index contributed by atoms with van der Waals surface area (Å²) in [6, 6.07) is 0. The third-order valence-corrected chi connectivity index (χ3v) is 4.47. The van der Waals surface area contributed by atoms with E-state index >= 15 is 0 Å². The maximum atomic E-state index is 9.08. The molecule has 1 atom stereocenters. The second-order valence-electron chi connectivity index (χ2n) is 4.76. The van der Waals surface area contributed by atoms with Gasteiger partial charge in [0.15, 0.2) is 0 Å². The van der Waals surface area contributed by atoms with Gasteiger partial charge in [-0.15, -0.1) is 0 Å². The first-order chi connectivity index (χ1) is 7.86. The molecule has 1 fully saturated rings. The normalized spacial score (nSPS) is 19.9. The zero-order chi connectivity index (χ0) is 11.6. The highest BCUT2D eigenvalue weighted by molar-refractivity contribution is 7.99. The fourth-order valence-electron chi connectivity index (χ4n) is 2.19. The Morgan fingerprint density at radius 2 is 1.94 bits per heavy atom. The zero-order valence-electron chi connectivity index (χ0n) is 10.7. The summed E-state index contributed by atoms with van der Waals surface area (Å²) in [7, 11) is 0. The van der Waals surface area contributed by atoms with E-state index in [1.165, 1.54) is 56.8 Å². The van der Waals surface area contributed by atoms with Gasteiger partial charge in [0.2, 0.25) is 0 Å². The van der Waals surface area contributed by atoms with Crippen molar-refractivity contribution in [1.29, 1.82) is 0 Å². The van der Waals surface area contributed by atoms with Crippen LogP contribution in [0, 0.1) is 5.92 Å². The van der Waals surface area contributed by atoms with Gasteiger partial charge in [0.05, 0.1) is 0 Å². The molecule has 1 heterocycles. The molecule has 0 unspecified atom stereocenters. The molecule has 0 aliphatic carbocycles. The van der Waals surface area contributed by atoms with Gasteiger partial charge in [0, 0.05) is 31.2 Å². The van der Waals surface area contributed by atoms with Crippen LogP contribution in [0.3, 0.4) is 0 Å². The first-order valence-electron chi connectivity index (χ1n) is 6.77. The quantitative estimate of drug-likeness (QED) is 0.665. The Morgan fingerprint density at radius 1 is 1.19 bits per heavy atom. The maximum absolute atomic E-state index is 9.08. The molecular formula is C13H27NOS. The Bertz CT molecular complexity index is 156. The molecule has 0 aromatic heterocycles. The van der Waals surface area contributed by atoms with Crippen molar-refractivity contribution in [3.63, 3.8) is 0 Å². The van der Waals surface area contributed by atoms with E-state index in [1.807, 2.05) is 0 Å². The van der Waals surface area contributed by atoms with Crippen LogP contribution in [0.1, 0.15) is 39.0 Å². The first kappa shape index (κ1) is 14.3. The number of nitrogens with zero attached hydrogens (tertiary/aromatic N) is 1. The van der Waals surface area contributed by atoms with Gasteiger partial charge >= 0.3 is 0 Å². The van der Waals surface area contributed by atoms with Gasteiger partial charge in [-0.3, -0.25) is 0 Å². The average Bonchev–Trinajstić information content (AvgIpc) is 2.35. The molecule has 0 bridgehead atoms. The lowest BCUT2D eigenvalue weighted by Gasteiger charge is -2.26. The Labute approximate surface area is 105 Å². The van der Waals surface area contributed by atoms with E-state index in [2.05, 4.69) is 23.6 Å². The van der Waals surface area contributed by atoms with Crippen LogP contribution < -0.4 is 0 Å². The van der Waals surface area contributed by atoms with Crippen LogP contribution in [0.4, 0.5) is 0 Å². The summed E-state index contributed by atoms with van der Waals surface area (Å²) in [4.78, 5) is 2.60. The van der Waals surface area contributed by atoms with Crippen LogP contribution in [-0.2, 0) is 0 Å². The van der Waals surface area contributed by atoms with E-state index in [9.17, 15) is 0 Å². The molecule has 1 saturated heterocycles. The number of hydrogen-bond acceptors (Lipinski definition) is 3. The highest BCUT2D eigenvalue weighted by Crippen LogP contribution is 2.14. The Hall–Kier alpha value is 0.270. The number of aliphatic hydroxyl groups excluding tert-OH is 1. The third-order valence-electron chi connectivity index (χ3n) is 3.53. The first-order valence-corrected chi connectivity index (χ1v) is 7.93. The summed E-state index contributed by atoms with van der Waals surface area (Å²) >= 11 is 2.08. The lowest BCUT2D eigenvalue weighted by atomic mass is 9.99. The lowest BCUT2D eigenvalue weighted by molar-refractivity contribution is 0.210. The van der Waals surface area contributed by atoms with E-state index in [0.29, 0.717) is 12.5 Å². The molecule has 1 rings (SSSR count). The molecule has 0 saturated carbocycles. The minimum atomic E-state index is 0.375. The van der Waals surface area contributed by atoms with Gasteiger partial charge in [0.25, 0.3) is 0 Å². The average molecular weight is 245 g/mol. The summed E-state index contributed by atoms with van der Waals surface area (Å²) in [6.07, 6.45) is 6.30. The van der Waals surface area contributed by atoms with Crippen molar-refractivity contribution >= 4 is 11.8 Å². The van der Waals surface area contributed by atoms with E-state index < -0.39 is 0 Å². The zero-order valence-corrected chi connectivity index (χ0v) is 11.5. The van der Waals surface area contributed by atoms with Crippen molar-refractivity contribution in [2.24, 2.45) is 5.92 Å². The Morgan fingerprint density at radius 3 is 2.56 bits per heavy atom. The predicted octanol–water partition coefficient (Wildman–Crippen LogP) is 2.61. The summed E-state index contributed by atoms with van der Waals surface area (Å²) in [5, 5.41) is 9.08. The van der Waals surface area contributed by atoms with Gasteiger partial charge < -0.3 is 10.0 Å². The largest absolute Gasteiger partial charge is 0.396 e. The summed E-state index contributed by atoms with van der Waals surface area (Å²) in [5.41, 5.74) is 0. The number of aliphatic hydroxyl groups is 1. The molecule has 0 spiro atoms. The lowest BCUT2D eigenvalue weighted by Crippen LogP contribution is -2.33. The number of hydrogen-bond donors (Lipinski definition) is 1. The molecule has 0 aromatic rings. The standard InChI is InChI=1S/C13H27NOS/c1-2-13(12-15)6-4-3-5-7-14-8-10-16-11-9-14/h13,15H,2-12H2,1H3/t13-/m1/s1. The fourth-order valence-corrected chi connectivity index (χ4v) is 3.17. The highest BCUT2D eigenvalue weighted by atomic mass is 32.2. The van der Waals surface area contributed by atoms with Crippen molar-refractivity contribution < 1.29 is 5.11 Å². The van der Waals surface area contributed by atoms with Gasteiger partial charge in [-0.1, -0.05) is 26.2 Å². The van der Waals surface area contributed by atoms with Gasteiger partial charge in [-0.2, -0.15) is 11.8 Å². The molecule has 2 nitrogen and oxygen atoms in total. The van der Waals surface area contributed by atoms with Gasteiger partial charge in [-0.25, -0.2) is 0 Å². The second kappa shape index (κ2) is 9.32. The maximum Gasteiger partial charge on any atom is 0.0459 e. The predicted molar refractivity (Wildman–Crippen MR) is 73.1 cm³/mol. The van der Waals surface area contributed by atoms with Crippen LogP contribution in [0.25, 0.3) is 0 Å². The van der Waals surface area contributed by atoms with E-state index in [1.54, 1.807) is 0 Å². The summed E-state index contributed by atoms with van der Waals surface area (Å²) in [6.45, 7) is 6.42. The van der Waals surface area contributed by atoms with Crippen LogP contribution in [0.2, 0.25) is 0 Å². The van der Waals surface area contributed by atoms with Crippen LogP contribution in [-0.4, -0.2) is 47.8 Å². The number of rotatable bonds is 8. The third kappa shape index (κ3) is 6.12. The fraction of sp³-hybridized carbons (Fsp3) is 1.00. The Balaban J connectivity index is 1.90. The topological polar surface area (TPSA) is 23.5 Å². The molecule has 1 N–H and O–H groups in total. The van der Waals surface area contributed by atoms with Gasteiger partial charge in [-0.05, 0) is 25.3 Å². The van der Waals surface area contributed by atoms with Crippen LogP contribution in [0.5, 0.6) is 0 Å². The van der Waals surface area contributed by atoms with Crippen LogP contribution >= 0.6 is 11.8 Å². The smallest absolute Gasteiger partial charge is 0.0459 e. The molecule has 1 aliphatic rings. The van der Waals surface area contributed by atoms with Crippen molar-refractivity contribution in [2.75, 3.05) is 37.7 Å².